The number of morpholine rings is 1. The van der Waals surface area contributed by atoms with Gasteiger partial charge in [0.2, 0.25) is 0 Å². The molecular formula is C20H23BrN4O3S. The first-order chi connectivity index (χ1) is 14.1. The molecule has 7 nitrogen and oxygen atoms in total. The van der Waals surface area contributed by atoms with Crippen molar-refractivity contribution >= 4 is 55.6 Å². The van der Waals surface area contributed by atoms with E-state index in [0.29, 0.717) is 29.6 Å². The number of aromatic nitrogens is 1. The SMILES string of the molecule is O=C(Nc1ncc(Br)s1)Nc1ccc(N2CCOCC2)cc1C(=O)C1CCCC1. The summed E-state index contributed by atoms with van der Waals surface area (Å²) in [5.41, 5.74) is 2.10. The minimum Gasteiger partial charge on any atom is -0.378 e. The molecule has 0 spiro atoms. The fraction of sp³-hybridized carbons (Fsp3) is 0.450. The monoisotopic (exact) mass is 478 g/mol. The van der Waals surface area contributed by atoms with Crippen molar-refractivity contribution in [2.75, 3.05) is 41.8 Å². The molecule has 0 radical (unpaired) electrons. The lowest BCUT2D eigenvalue weighted by molar-refractivity contribution is 0.0923. The molecule has 0 atom stereocenters. The van der Waals surface area contributed by atoms with Crippen molar-refractivity contribution < 1.29 is 14.3 Å². The number of carbonyl (C=O) groups excluding carboxylic acids is 2. The Labute approximate surface area is 182 Å². The topological polar surface area (TPSA) is 83.6 Å². The van der Waals surface area contributed by atoms with E-state index in [1.165, 1.54) is 11.3 Å². The number of halogens is 1. The molecule has 2 fully saturated rings. The van der Waals surface area contributed by atoms with Gasteiger partial charge in [0, 0.05) is 30.3 Å². The van der Waals surface area contributed by atoms with Crippen molar-refractivity contribution in [3.05, 3.63) is 33.7 Å². The summed E-state index contributed by atoms with van der Waals surface area (Å²) < 4.78 is 6.27. The first-order valence-electron chi connectivity index (χ1n) is 9.80. The normalized spacial score (nSPS) is 17.3. The number of ether oxygens (including phenoxy) is 1. The van der Waals surface area contributed by atoms with Gasteiger partial charge in [0.05, 0.1) is 28.9 Å². The molecule has 1 aromatic heterocycles. The van der Waals surface area contributed by atoms with Crippen molar-refractivity contribution in [1.29, 1.82) is 0 Å². The molecule has 2 aromatic rings. The Kier molecular flexibility index (Phi) is 6.46. The van der Waals surface area contributed by atoms with E-state index in [-0.39, 0.29) is 11.7 Å². The van der Waals surface area contributed by atoms with Crippen LogP contribution in [0.1, 0.15) is 36.0 Å². The highest BCUT2D eigenvalue weighted by molar-refractivity contribution is 9.11. The average molecular weight is 479 g/mol. The molecule has 2 heterocycles. The lowest BCUT2D eigenvalue weighted by atomic mass is 9.94. The van der Waals surface area contributed by atoms with Crippen molar-refractivity contribution in [2.24, 2.45) is 5.92 Å². The van der Waals surface area contributed by atoms with E-state index >= 15 is 0 Å². The lowest BCUT2D eigenvalue weighted by Crippen LogP contribution is -2.36. The molecule has 0 unspecified atom stereocenters. The van der Waals surface area contributed by atoms with E-state index < -0.39 is 6.03 Å². The van der Waals surface area contributed by atoms with Crippen LogP contribution in [0.5, 0.6) is 0 Å². The zero-order chi connectivity index (χ0) is 20.2. The Bertz CT molecular complexity index is 892. The number of rotatable bonds is 5. The number of urea groups is 1. The van der Waals surface area contributed by atoms with Crippen LogP contribution in [-0.2, 0) is 4.74 Å². The predicted octanol–water partition coefficient (Wildman–Crippen LogP) is 4.76. The van der Waals surface area contributed by atoms with Gasteiger partial charge >= 0.3 is 6.03 Å². The predicted molar refractivity (Wildman–Crippen MR) is 118 cm³/mol. The molecule has 2 N–H and O–H groups in total. The molecule has 9 heteroatoms. The highest BCUT2D eigenvalue weighted by Crippen LogP contribution is 2.33. The Balaban J connectivity index is 1.57. The van der Waals surface area contributed by atoms with Crippen LogP contribution in [0.3, 0.4) is 0 Å². The van der Waals surface area contributed by atoms with Crippen LogP contribution in [0, 0.1) is 5.92 Å². The second-order valence-electron chi connectivity index (χ2n) is 7.22. The first kappa shape index (κ1) is 20.3. The van der Waals surface area contributed by atoms with Gasteiger partial charge in [-0.3, -0.25) is 10.1 Å². The largest absolute Gasteiger partial charge is 0.378 e. The van der Waals surface area contributed by atoms with Crippen molar-refractivity contribution in [1.82, 2.24) is 4.98 Å². The fourth-order valence-electron chi connectivity index (χ4n) is 3.83. The van der Waals surface area contributed by atoms with Crippen LogP contribution in [0.4, 0.5) is 21.3 Å². The number of hydrogen-bond acceptors (Lipinski definition) is 6. The average Bonchev–Trinajstić information content (AvgIpc) is 3.40. The summed E-state index contributed by atoms with van der Waals surface area (Å²) in [6.07, 6.45) is 5.63. The maximum Gasteiger partial charge on any atom is 0.325 e. The quantitative estimate of drug-likeness (QED) is 0.605. The summed E-state index contributed by atoms with van der Waals surface area (Å²) in [6.45, 7) is 2.95. The van der Waals surface area contributed by atoms with Gasteiger partial charge in [0.15, 0.2) is 10.9 Å². The van der Waals surface area contributed by atoms with E-state index in [1.54, 1.807) is 6.20 Å². The third-order valence-electron chi connectivity index (χ3n) is 5.32. The van der Waals surface area contributed by atoms with Gasteiger partial charge in [0.1, 0.15) is 0 Å². The number of Topliss-reactive ketones (excluding diaryl/α,β-unsaturated/α-hetero) is 1. The molecule has 154 valence electrons. The van der Waals surface area contributed by atoms with Crippen LogP contribution in [0.2, 0.25) is 0 Å². The minimum absolute atomic E-state index is 0.0356. The number of benzene rings is 1. The van der Waals surface area contributed by atoms with Crippen LogP contribution in [-0.4, -0.2) is 43.1 Å². The van der Waals surface area contributed by atoms with E-state index in [2.05, 4.69) is 36.4 Å². The van der Waals surface area contributed by atoms with Gasteiger partial charge < -0.3 is 15.0 Å². The number of ketones is 1. The summed E-state index contributed by atoms with van der Waals surface area (Å²) in [5.74, 6) is 0.151. The molecule has 1 saturated heterocycles. The number of amides is 2. The van der Waals surface area contributed by atoms with E-state index in [0.717, 1.165) is 48.2 Å². The molecule has 2 aliphatic rings. The van der Waals surface area contributed by atoms with Crippen LogP contribution in [0.15, 0.2) is 28.2 Å². The maximum absolute atomic E-state index is 13.2. The third kappa shape index (κ3) is 4.96. The molecule has 1 aromatic carbocycles. The number of anilines is 3. The number of nitrogens with zero attached hydrogens (tertiary/aromatic N) is 2. The van der Waals surface area contributed by atoms with Crippen LogP contribution < -0.4 is 15.5 Å². The lowest BCUT2D eigenvalue weighted by Gasteiger charge is -2.29. The van der Waals surface area contributed by atoms with Crippen LogP contribution >= 0.6 is 27.3 Å². The fourth-order valence-corrected chi connectivity index (χ4v) is 4.94. The van der Waals surface area contributed by atoms with Gasteiger partial charge in [0.25, 0.3) is 0 Å². The Morgan fingerprint density at radius 2 is 1.93 bits per heavy atom. The highest BCUT2D eigenvalue weighted by atomic mass is 79.9. The number of hydrogen-bond donors (Lipinski definition) is 2. The molecule has 4 rings (SSSR count). The molecule has 1 saturated carbocycles. The smallest absolute Gasteiger partial charge is 0.325 e. The van der Waals surface area contributed by atoms with Crippen LogP contribution in [0.25, 0.3) is 0 Å². The van der Waals surface area contributed by atoms with Gasteiger partial charge in [-0.2, -0.15) is 0 Å². The van der Waals surface area contributed by atoms with Crippen molar-refractivity contribution in [2.45, 2.75) is 25.7 Å². The van der Waals surface area contributed by atoms with Gasteiger partial charge in [-0.15, -0.1) is 0 Å². The second kappa shape index (κ2) is 9.23. The molecular weight excluding hydrogens is 456 g/mol. The summed E-state index contributed by atoms with van der Waals surface area (Å²) in [5, 5.41) is 6.04. The van der Waals surface area contributed by atoms with Crippen molar-refractivity contribution in [3.8, 4) is 0 Å². The standard InChI is InChI=1S/C20H23BrN4O3S/c21-17-12-22-20(29-17)24-19(27)23-16-6-5-14(25-7-9-28-10-8-25)11-15(16)18(26)13-3-1-2-4-13/h5-6,11-13H,1-4,7-10H2,(H2,22,23,24,27). The molecule has 2 amide bonds. The Hall–Kier alpha value is -1.97. The zero-order valence-electron chi connectivity index (χ0n) is 15.9. The zero-order valence-corrected chi connectivity index (χ0v) is 18.4. The van der Waals surface area contributed by atoms with Gasteiger partial charge in [-0.25, -0.2) is 9.78 Å². The Morgan fingerprint density at radius 1 is 1.17 bits per heavy atom. The minimum atomic E-state index is -0.411. The molecule has 29 heavy (non-hydrogen) atoms. The van der Waals surface area contributed by atoms with Gasteiger partial charge in [-0.1, -0.05) is 24.2 Å². The second-order valence-corrected chi connectivity index (χ2v) is 9.63. The molecule has 1 aliphatic heterocycles. The number of carbonyl (C=O) groups is 2. The van der Waals surface area contributed by atoms with E-state index in [9.17, 15) is 9.59 Å². The van der Waals surface area contributed by atoms with E-state index in [1.807, 2.05) is 18.2 Å². The van der Waals surface area contributed by atoms with Crippen molar-refractivity contribution in [3.63, 3.8) is 0 Å². The third-order valence-corrected chi connectivity index (χ3v) is 6.71. The number of nitrogens with one attached hydrogen (secondary N) is 2. The number of thiazole rings is 1. The van der Waals surface area contributed by atoms with E-state index in [4.69, 9.17) is 4.74 Å². The Morgan fingerprint density at radius 3 is 2.62 bits per heavy atom. The summed E-state index contributed by atoms with van der Waals surface area (Å²) >= 11 is 4.66. The van der Waals surface area contributed by atoms with Gasteiger partial charge in [-0.05, 0) is 47.0 Å². The first-order valence-corrected chi connectivity index (χ1v) is 11.4. The maximum atomic E-state index is 13.2. The molecule has 0 bridgehead atoms. The summed E-state index contributed by atoms with van der Waals surface area (Å²) in [4.78, 5) is 32.0. The molecule has 1 aliphatic carbocycles. The summed E-state index contributed by atoms with van der Waals surface area (Å²) in [7, 11) is 0. The highest BCUT2D eigenvalue weighted by Gasteiger charge is 2.27. The summed E-state index contributed by atoms with van der Waals surface area (Å²) in [6, 6.07) is 5.28.